The molecule has 0 nitrogen and oxygen atoms in total. The van der Waals surface area contributed by atoms with E-state index in [9.17, 15) is 0 Å². The van der Waals surface area contributed by atoms with Crippen molar-refractivity contribution in [2.45, 2.75) is 45.4 Å². The minimum absolute atomic E-state index is 1.20. The second-order valence-corrected chi connectivity index (χ2v) is 5.99. The van der Waals surface area contributed by atoms with Gasteiger partial charge in [0.1, 0.15) is 0 Å². The van der Waals surface area contributed by atoms with Crippen LogP contribution in [0.15, 0.2) is 42.5 Å². The maximum atomic E-state index is 2.39. The summed E-state index contributed by atoms with van der Waals surface area (Å²) in [5.74, 6) is 0. The second-order valence-electron chi connectivity index (χ2n) is 5.99. The molecule has 108 valence electrons. The van der Waals surface area contributed by atoms with E-state index < -0.39 is 0 Å². The van der Waals surface area contributed by atoms with Crippen molar-refractivity contribution in [2.24, 2.45) is 0 Å². The van der Waals surface area contributed by atoms with Gasteiger partial charge in [0.2, 0.25) is 0 Å². The van der Waals surface area contributed by atoms with Crippen LogP contribution in [0, 0.1) is 10.4 Å². The fourth-order valence-electron chi connectivity index (χ4n) is 3.13. The molecule has 2 aromatic carbocycles. The molecule has 3 rings (SSSR count). The van der Waals surface area contributed by atoms with Gasteiger partial charge in [-0.3, -0.25) is 0 Å². The molecule has 0 aromatic heterocycles. The Bertz CT molecular complexity index is 812. The smallest absolute Gasteiger partial charge is 0.0105 e. The summed E-state index contributed by atoms with van der Waals surface area (Å²) < 4.78 is 0. The molecule has 0 saturated heterocycles. The van der Waals surface area contributed by atoms with Crippen molar-refractivity contribution in [1.29, 1.82) is 0 Å². The Morgan fingerprint density at radius 3 is 2.62 bits per heavy atom. The lowest BCUT2D eigenvalue weighted by Gasteiger charge is -1.97. The molecule has 0 atom stereocenters. The van der Waals surface area contributed by atoms with Crippen LogP contribution in [0.2, 0.25) is 0 Å². The summed E-state index contributed by atoms with van der Waals surface area (Å²) in [5, 5.41) is 5.47. The van der Waals surface area contributed by atoms with Crippen LogP contribution in [0.25, 0.3) is 12.2 Å². The average Bonchev–Trinajstić information content (AvgIpc) is 2.88. The third-order valence-electron chi connectivity index (χ3n) is 4.33. The number of rotatable bonds is 6. The maximum Gasteiger partial charge on any atom is -0.0105 e. The third-order valence-corrected chi connectivity index (χ3v) is 4.33. The predicted molar refractivity (Wildman–Crippen MR) is 91.2 cm³/mol. The first-order valence-corrected chi connectivity index (χ1v) is 8.30. The molecule has 0 fully saturated rings. The first-order valence-electron chi connectivity index (χ1n) is 8.30. The van der Waals surface area contributed by atoms with Gasteiger partial charge in [-0.2, -0.15) is 0 Å². The van der Waals surface area contributed by atoms with Gasteiger partial charge in [0.25, 0.3) is 0 Å². The molecule has 21 heavy (non-hydrogen) atoms. The van der Waals surface area contributed by atoms with Gasteiger partial charge in [-0.15, -0.1) is 0 Å². The molecule has 0 bridgehead atoms. The molecule has 0 aliphatic heterocycles. The largest absolute Gasteiger partial charge is 0.0772 e. The van der Waals surface area contributed by atoms with E-state index in [1.165, 1.54) is 65.0 Å². The van der Waals surface area contributed by atoms with Crippen molar-refractivity contribution in [3.8, 4) is 0 Å². The number of unbranched alkanes of at least 4 members (excludes halogenated alkanes) is 5. The normalized spacial score (nSPS) is 12.9. The highest BCUT2D eigenvalue weighted by Crippen LogP contribution is 2.08. The molecule has 0 heteroatoms. The molecule has 0 amide bonds. The Hall–Kier alpha value is -1.82. The van der Waals surface area contributed by atoms with E-state index in [-0.39, 0.29) is 0 Å². The van der Waals surface area contributed by atoms with Gasteiger partial charge in [0, 0.05) is 0 Å². The van der Waals surface area contributed by atoms with Gasteiger partial charge >= 0.3 is 0 Å². The van der Waals surface area contributed by atoms with Gasteiger partial charge in [0.15, 0.2) is 0 Å². The zero-order valence-electron chi connectivity index (χ0n) is 12.9. The fraction of sp³-hybridized carbons (Fsp3) is 0.333. The van der Waals surface area contributed by atoms with Crippen LogP contribution in [0.4, 0.5) is 0 Å². The van der Waals surface area contributed by atoms with E-state index in [1.54, 1.807) is 0 Å². The van der Waals surface area contributed by atoms with Crippen LogP contribution in [0.1, 0.15) is 51.0 Å². The Morgan fingerprint density at radius 1 is 0.857 bits per heavy atom. The number of hydrogen-bond donors (Lipinski definition) is 0. The summed E-state index contributed by atoms with van der Waals surface area (Å²) in [4.78, 5) is 0. The minimum Gasteiger partial charge on any atom is -0.0772 e. The van der Waals surface area contributed by atoms with Crippen LogP contribution in [-0.2, 0) is 0 Å². The first kappa shape index (κ1) is 14.1. The Balaban J connectivity index is 1.76. The highest BCUT2D eigenvalue weighted by Gasteiger charge is 2.00. The zero-order chi connectivity index (χ0) is 14.5. The van der Waals surface area contributed by atoms with Crippen LogP contribution in [-0.4, -0.2) is 0 Å². The van der Waals surface area contributed by atoms with E-state index in [0.717, 1.165) is 0 Å². The van der Waals surface area contributed by atoms with Crippen LogP contribution in [0.5, 0.6) is 0 Å². The molecule has 1 aliphatic rings. The maximum absolute atomic E-state index is 2.39. The molecule has 0 spiro atoms. The van der Waals surface area contributed by atoms with Crippen molar-refractivity contribution < 1.29 is 0 Å². The fourth-order valence-corrected chi connectivity index (χ4v) is 3.13. The van der Waals surface area contributed by atoms with E-state index >= 15 is 0 Å². The van der Waals surface area contributed by atoms with Gasteiger partial charge in [-0.25, -0.2) is 0 Å². The van der Waals surface area contributed by atoms with Gasteiger partial charge in [-0.1, -0.05) is 75.1 Å². The lowest BCUT2D eigenvalue weighted by molar-refractivity contribution is 0.642. The molecule has 0 heterocycles. The lowest BCUT2D eigenvalue weighted by Crippen LogP contribution is -1.99. The second kappa shape index (κ2) is 6.76. The summed E-state index contributed by atoms with van der Waals surface area (Å²) in [5.41, 5.74) is 1.37. The third kappa shape index (κ3) is 3.26. The van der Waals surface area contributed by atoms with Crippen LogP contribution in [0.3, 0.4) is 0 Å². The summed E-state index contributed by atoms with van der Waals surface area (Å²) in [6.45, 7) is 2.27. The van der Waals surface area contributed by atoms with Crippen molar-refractivity contribution >= 4 is 12.2 Å². The van der Waals surface area contributed by atoms with Crippen molar-refractivity contribution in [3.05, 3.63) is 68.9 Å². The first-order chi connectivity index (χ1) is 10.4. The Labute approximate surface area is 127 Å². The lowest BCUT2D eigenvalue weighted by atomic mass is 10.1. The average molecular weight is 276 g/mol. The van der Waals surface area contributed by atoms with Gasteiger partial charge < -0.3 is 0 Å². The minimum atomic E-state index is 1.20. The molecule has 0 unspecified atom stereocenters. The van der Waals surface area contributed by atoms with Crippen molar-refractivity contribution in [2.75, 3.05) is 0 Å². The van der Waals surface area contributed by atoms with E-state index in [1.807, 2.05) is 0 Å². The summed E-state index contributed by atoms with van der Waals surface area (Å²) in [6.07, 6.45) is 12.7. The summed E-state index contributed by atoms with van der Waals surface area (Å²) >= 11 is 0. The molecule has 0 N–H and O–H groups in total. The van der Waals surface area contributed by atoms with Crippen LogP contribution >= 0.6 is 0 Å². The van der Waals surface area contributed by atoms with E-state index in [0.29, 0.717) is 0 Å². The SMILES string of the molecule is CCCCCCCC=c1ccc2c(c1)C=c1ccccc1=2. The predicted octanol–water partition coefficient (Wildman–Crippen LogP) is 4.26. The van der Waals surface area contributed by atoms with E-state index in [2.05, 4.69) is 61.5 Å². The zero-order valence-corrected chi connectivity index (χ0v) is 12.9. The quantitative estimate of drug-likeness (QED) is 0.590. The highest BCUT2D eigenvalue weighted by molar-refractivity contribution is 5.56. The molecule has 0 saturated carbocycles. The number of fused-ring (bicyclic) bond motifs is 2. The summed E-state index contributed by atoms with van der Waals surface area (Å²) in [6, 6.07) is 15.5. The Morgan fingerprint density at radius 2 is 1.71 bits per heavy atom. The van der Waals surface area contributed by atoms with Crippen molar-refractivity contribution in [1.82, 2.24) is 0 Å². The number of benzene rings is 2. The highest BCUT2D eigenvalue weighted by atomic mass is 14.0. The topological polar surface area (TPSA) is 0 Å². The molecular formula is C21H24. The standard InChI is InChI=1S/C21H24/c1-2-3-4-5-6-7-10-17-13-14-21-19(15-17)16-18-11-8-9-12-20(18)21/h8-16H,2-7H2,1H3. The number of hydrogen-bond acceptors (Lipinski definition) is 0. The Kier molecular flexibility index (Phi) is 4.55. The molecule has 2 aromatic rings. The van der Waals surface area contributed by atoms with Gasteiger partial charge in [-0.05, 0) is 51.4 Å². The molecule has 1 aliphatic carbocycles. The van der Waals surface area contributed by atoms with Crippen molar-refractivity contribution in [3.63, 3.8) is 0 Å². The van der Waals surface area contributed by atoms with E-state index in [4.69, 9.17) is 0 Å². The monoisotopic (exact) mass is 276 g/mol. The molecule has 0 radical (unpaired) electrons. The van der Waals surface area contributed by atoms with Crippen LogP contribution < -0.4 is 10.4 Å². The summed E-state index contributed by atoms with van der Waals surface area (Å²) in [7, 11) is 0. The molecular weight excluding hydrogens is 252 g/mol. The van der Waals surface area contributed by atoms with Gasteiger partial charge in [0.05, 0.1) is 0 Å².